The second kappa shape index (κ2) is 3.23. The smallest absolute Gasteiger partial charge is 0.0975 e. The van der Waals surface area contributed by atoms with Crippen LogP contribution >= 0.6 is 0 Å². The summed E-state index contributed by atoms with van der Waals surface area (Å²) in [5.41, 5.74) is -0.0713. The summed E-state index contributed by atoms with van der Waals surface area (Å²) >= 11 is 0. The van der Waals surface area contributed by atoms with E-state index >= 15 is 0 Å². The Morgan fingerprint density at radius 3 is 1.45 bits per heavy atom. The van der Waals surface area contributed by atoms with Crippen LogP contribution in [0, 0.1) is 0 Å². The van der Waals surface area contributed by atoms with E-state index in [1.807, 2.05) is 41.5 Å². The van der Waals surface area contributed by atoms with E-state index < -0.39 is 11.0 Å². The predicted molar refractivity (Wildman–Crippen MR) is 50.8 cm³/mol. The molecule has 0 unspecified atom stereocenters. The summed E-state index contributed by atoms with van der Waals surface area (Å²) in [6.07, 6.45) is 0. The molecular weight excluding hydrogens is 158 g/mol. The average Bonchev–Trinajstić information content (AvgIpc) is 1.56. The first-order valence-corrected chi connectivity index (χ1v) is 4.97. The molecule has 0 rings (SSSR count). The number of hydrogen-bond acceptors (Lipinski definition) is 1. The maximum atomic E-state index is 11.5. The molecule has 0 aliphatic rings. The molecule has 1 N–H and O–H groups in total. The van der Waals surface area contributed by atoms with Crippen molar-refractivity contribution in [2.24, 2.45) is 0 Å². The number of rotatable bonds is 1. The summed E-state index contributed by atoms with van der Waals surface area (Å²) in [6.45, 7) is 11.9. The predicted octanol–water partition coefficient (Wildman–Crippen LogP) is 1.84. The third-order valence-corrected chi connectivity index (χ3v) is 2.87. The molecule has 0 saturated heterocycles. The zero-order valence-corrected chi connectivity index (χ0v) is 9.13. The first kappa shape index (κ1) is 11.1. The van der Waals surface area contributed by atoms with Crippen LogP contribution in [0.5, 0.6) is 0 Å². The molecule has 0 spiro atoms. The third-order valence-electron chi connectivity index (χ3n) is 0.955. The molecule has 0 aliphatic heterocycles. The summed E-state index contributed by atoms with van der Waals surface area (Å²) in [5, 5.41) is 0. The normalized spacial score (nSPS) is 16.5. The van der Waals surface area contributed by atoms with Crippen LogP contribution in [0.1, 0.15) is 41.5 Å². The van der Waals surface area contributed by atoms with E-state index in [0.29, 0.717) is 0 Å². The average molecular weight is 177 g/mol. The quantitative estimate of drug-likeness (QED) is 0.650. The summed E-state index contributed by atoms with van der Waals surface area (Å²) < 4.78 is 14.3. The first-order chi connectivity index (χ1) is 4.63. The van der Waals surface area contributed by atoms with Crippen molar-refractivity contribution in [2.75, 3.05) is 0 Å². The summed E-state index contributed by atoms with van der Waals surface area (Å²) in [5.74, 6) is 0. The van der Waals surface area contributed by atoms with Gasteiger partial charge in [0.25, 0.3) is 0 Å². The van der Waals surface area contributed by atoms with Gasteiger partial charge in [-0.3, -0.25) is 0 Å². The molecule has 0 fully saturated rings. The van der Waals surface area contributed by atoms with Crippen molar-refractivity contribution >= 4 is 11.0 Å². The van der Waals surface area contributed by atoms with Gasteiger partial charge in [-0.2, -0.15) is 0 Å². The highest BCUT2D eigenvalue weighted by Gasteiger charge is 2.23. The zero-order chi connectivity index (χ0) is 9.28. The Morgan fingerprint density at radius 1 is 1.00 bits per heavy atom. The first-order valence-electron chi connectivity index (χ1n) is 3.82. The van der Waals surface area contributed by atoms with E-state index in [1.54, 1.807) is 0 Å². The largest absolute Gasteiger partial charge is 0.242 e. The molecule has 0 aliphatic carbocycles. The fraction of sp³-hybridized carbons (Fsp3) is 1.00. The van der Waals surface area contributed by atoms with E-state index in [9.17, 15) is 4.21 Å². The molecule has 0 aromatic rings. The maximum absolute atomic E-state index is 11.5. The van der Waals surface area contributed by atoms with Gasteiger partial charge in [0.2, 0.25) is 0 Å². The lowest BCUT2D eigenvalue weighted by atomic mass is 10.1. The van der Waals surface area contributed by atoms with Crippen LogP contribution in [0.4, 0.5) is 0 Å². The molecule has 0 saturated carbocycles. The van der Waals surface area contributed by atoms with Crippen LogP contribution in [-0.4, -0.2) is 14.5 Å². The Bertz CT molecular complexity index is 152. The maximum Gasteiger partial charge on any atom is 0.0975 e. The highest BCUT2D eigenvalue weighted by molar-refractivity contribution is 7.84. The Hall–Kier alpha value is 0.110. The lowest BCUT2D eigenvalue weighted by Gasteiger charge is -2.26. The van der Waals surface area contributed by atoms with E-state index in [0.717, 1.165) is 0 Å². The van der Waals surface area contributed by atoms with Gasteiger partial charge in [-0.15, -0.1) is 0 Å². The lowest BCUT2D eigenvalue weighted by molar-refractivity contribution is 0.509. The minimum atomic E-state index is -0.957. The minimum absolute atomic E-state index is 0.0713. The molecule has 0 radical (unpaired) electrons. The van der Waals surface area contributed by atoms with Gasteiger partial charge in [-0.25, -0.2) is 8.93 Å². The van der Waals surface area contributed by atoms with Gasteiger partial charge in [-0.05, 0) is 41.5 Å². The van der Waals surface area contributed by atoms with Crippen LogP contribution in [0.25, 0.3) is 0 Å². The standard InChI is InChI=1S/C8H19NOS/c1-7(2,3)9-11(10)8(4,5)6/h9H,1-6H3/t11-/m1/s1. The zero-order valence-electron chi connectivity index (χ0n) is 8.32. The van der Waals surface area contributed by atoms with E-state index in [4.69, 9.17) is 0 Å². The van der Waals surface area contributed by atoms with Crippen LogP contribution < -0.4 is 4.72 Å². The molecule has 0 heterocycles. The molecule has 68 valence electrons. The highest BCUT2D eigenvalue weighted by Crippen LogP contribution is 2.12. The molecule has 0 amide bonds. The van der Waals surface area contributed by atoms with Gasteiger partial charge < -0.3 is 0 Å². The minimum Gasteiger partial charge on any atom is -0.242 e. The van der Waals surface area contributed by atoms with Crippen molar-refractivity contribution in [3.8, 4) is 0 Å². The van der Waals surface area contributed by atoms with E-state index in [1.165, 1.54) is 0 Å². The second-order valence-electron chi connectivity index (χ2n) is 4.73. The van der Waals surface area contributed by atoms with Crippen molar-refractivity contribution < 1.29 is 4.21 Å². The van der Waals surface area contributed by atoms with Crippen LogP contribution in [0.2, 0.25) is 0 Å². The van der Waals surface area contributed by atoms with Crippen molar-refractivity contribution in [1.29, 1.82) is 0 Å². The molecular formula is C8H19NOS. The number of nitrogens with one attached hydrogen (secondary N) is 1. The van der Waals surface area contributed by atoms with Crippen molar-refractivity contribution in [1.82, 2.24) is 4.72 Å². The van der Waals surface area contributed by atoms with Crippen molar-refractivity contribution in [3.63, 3.8) is 0 Å². The van der Waals surface area contributed by atoms with Crippen LogP contribution in [0.3, 0.4) is 0 Å². The molecule has 0 aromatic carbocycles. The summed E-state index contributed by atoms with van der Waals surface area (Å²) in [7, 11) is -0.957. The fourth-order valence-electron chi connectivity index (χ4n) is 0.431. The van der Waals surface area contributed by atoms with Crippen molar-refractivity contribution in [3.05, 3.63) is 0 Å². The highest BCUT2D eigenvalue weighted by atomic mass is 32.2. The molecule has 1 atom stereocenters. The number of hydrogen-bond donors (Lipinski definition) is 1. The van der Waals surface area contributed by atoms with Gasteiger partial charge in [0.15, 0.2) is 0 Å². The van der Waals surface area contributed by atoms with Crippen molar-refractivity contribution in [2.45, 2.75) is 51.8 Å². The molecule has 2 nitrogen and oxygen atoms in total. The van der Waals surface area contributed by atoms with E-state index in [-0.39, 0.29) is 10.3 Å². The topological polar surface area (TPSA) is 29.1 Å². The molecule has 11 heavy (non-hydrogen) atoms. The molecule has 0 aromatic heterocycles. The monoisotopic (exact) mass is 177 g/mol. The Balaban J connectivity index is 4.11. The molecule has 3 heteroatoms. The van der Waals surface area contributed by atoms with Gasteiger partial charge >= 0.3 is 0 Å². The lowest BCUT2D eigenvalue weighted by Crippen LogP contribution is -2.44. The Labute approximate surface area is 72.4 Å². The fourth-order valence-corrected chi connectivity index (χ4v) is 1.29. The summed E-state index contributed by atoms with van der Waals surface area (Å²) in [6, 6.07) is 0. The van der Waals surface area contributed by atoms with E-state index in [2.05, 4.69) is 4.72 Å². The summed E-state index contributed by atoms with van der Waals surface area (Å²) in [4.78, 5) is 0. The Kier molecular flexibility index (Phi) is 3.27. The third kappa shape index (κ3) is 5.39. The van der Waals surface area contributed by atoms with Crippen LogP contribution in [0.15, 0.2) is 0 Å². The Morgan fingerprint density at radius 2 is 1.36 bits per heavy atom. The van der Waals surface area contributed by atoms with Crippen LogP contribution in [-0.2, 0) is 11.0 Å². The van der Waals surface area contributed by atoms with Gasteiger partial charge in [-0.1, -0.05) is 0 Å². The second-order valence-corrected chi connectivity index (χ2v) is 6.70. The van der Waals surface area contributed by atoms with Gasteiger partial charge in [0.1, 0.15) is 0 Å². The van der Waals surface area contributed by atoms with Gasteiger partial charge in [0, 0.05) is 5.54 Å². The van der Waals surface area contributed by atoms with Gasteiger partial charge in [0.05, 0.1) is 15.7 Å². The SMILES string of the molecule is CC(C)(C)N[S@](=O)C(C)(C)C. The molecule has 0 bridgehead atoms.